The van der Waals surface area contributed by atoms with Crippen LogP contribution in [0.3, 0.4) is 0 Å². The Bertz CT molecular complexity index is 922. The van der Waals surface area contributed by atoms with Crippen molar-refractivity contribution in [1.82, 2.24) is 5.43 Å². The van der Waals surface area contributed by atoms with Crippen molar-refractivity contribution >= 4 is 57.3 Å². The smallest absolute Gasteiger partial charge is 0.271 e. The summed E-state index contributed by atoms with van der Waals surface area (Å²) < 4.78 is 8.06. The highest BCUT2D eigenvalue weighted by Crippen LogP contribution is 2.14. The van der Waals surface area contributed by atoms with Crippen LogP contribution in [0, 0.1) is 7.14 Å². The number of ether oxygens (including phenoxy) is 1. The van der Waals surface area contributed by atoms with Crippen LogP contribution in [-0.4, -0.2) is 12.1 Å². The summed E-state index contributed by atoms with van der Waals surface area (Å²) in [6, 6.07) is 23.1. The molecule has 27 heavy (non-hydrogen) atoms. The molecule has 0 radical (unpaired) electrons. The zero-order valence-electron chi connectivity index (χ0n) is 14.2. The third-order valence-corrected chi connectivity index (χ3v) is 5.12. The van der Waals surface area contributed by atoms with Crippen molar-refractivity contribution in [1.29, 1.82) is 0 Å². The maximum absolute atomic E-state index is 12.0. The van der Waals surface area contributed by atoms with E-state index >= 15 is 0 Å². The molecule has 136 valence electrons. The molecule has 1 N–H and O–H groups in total. The average Bonchev–Trinajstić information content (AvgIpc) is 2.69. The summed E-state index contributed by atoms with van der Waals surface area (Å²) in [4.78, 5) is 12.0. The van der Waals surface area contributed by atoms with Crippen LogP contribution >= 0.6 is 45.2 Å². The van der Waals surface area contributed by atoms with Gasteiger partial charge in [-0.15, -0.1) is 0 Å². The highest BCUT2D eigenvalue weighted by molar-refractivity contribution is 14.1. The first-order chi connectivity index (χ1) is 13.1. The van der Waals surface area contributed by atoms with E-state index in [9.17, 15) is 4.79 Å². The number of carbonyl (C=O) groups is 1. The normalized spacial score (nSPS) is 10.7. The third-order valence-electron chi connectivity index (χ3n) is 3.68. The highest BCUT2D eigenvalue weighted by Gasteiger charge is 2.03. The van der Waals surface area contributed by atoms with Crippen molar-refractivity contribution in [2.75, 3.05) is 0 Å². The van der Waals surface area contributed by atoms with E-state index in [1.165, 1.54) is 3.57 Å². The van der Waals surface area contributed by atoms with Crippen LogP contribution in [0.15, 0.2) is 77.9 Å². The molecular weight excluding hydrogens is 566 g/mol. The first-order valence-electron chi connectivity index (χ1n) is 8.16. The van der Waals surface area contributed by atoms with Crippen LogP contribution in [0.2, 0.25) is 0 Å². The van der Waals surface area contributed by atoms with Crippen LogP contribution < -0.4 is 10.2 Å². The van der Waals surface area contributed by atoms with Gasteiger partial charge in [0.2, 0.25) is 0 Å². The van der Waals surface area contributed by atoms with Gasteiger partial charge in [0.05, 0.1) is 6.21 Å². The highest BCUT2D eigenvalue weighted by atomic mass is 127. The molecule has 0 saturated heterocycles. The Labute approximate surface area is 185 Å². The maximum atomic E-state index is 12.0. The Balaban J connectivity index is 1.50. The number of hydrazone groups is 1. The zero-order chi connectivity index (χ0) is 19.1. The number of halogens is 2. The molecule has 3 aromatic carbocycles. The molecule has 0 saturated carbocycles. The largest absolute Gasteiger partial charge is 0.489 e. The second-order valence-corrected chi connectivity index (χ2v) is 8.18. The number of carbonyl (C=O) groups excluding carboxylic acids is 1. The van der Waals surface area contributed by atoms with Crippen molar-refractivity contribution in [3.63, 3.8) is 0 Å². The summed E-state index contributed by atoms with van der Waals surface area (Å²) in [5.41, 5.74) is 5.10. The van der Waals surface area contributed by atoms with Crippen LogP contribution in [0.5, 0.6) is 5.75 Å². The zero-order valence-corrected chi connectivity index (χ0v) is 18.5. The van der Waals surface area contributed by atoms with Gasteiger partial charge in [-0.2, -0.15) is 5.10 Å². The predicted molar refractivity (Wildman–Crippen MR) is 124 cm³/mol. The summed E-state index contributed by atoms with van der Waals surface area (Å²) >= 11 is 4.48. The number of rotatable bonds is 6. The van der Waals surface area contributed by atoms with Crippen LogP contribution in [0.4, 0.5) is 0 Å². The molecule has 3 rings (SSSR count). The Hall–Kier alpha value is -1.94. The lowest BCUT2D eigenvalue weighted by Crippen LogP contribution is -2.17. The number of nitrogens with zero attached hydrogens (tertiary/aromatic N) is 1. The molecule has 0 unspecified atom stereocenters. The number of hydrogen-bond acceptors (Lipinski definition) is 3. The Morgan fingerprint density at radius 1 is 0.889 bits per heavy atom. The van der Waals surface area contributed by atoms with Gasteiger partial charge in [-0.1, -0.05) is 12.1 Å². The van der Waals surface area contributed by atoms with E-state index in [1.807, 2.05) is 36.4 Å². The van der Waals surface area contributed by atoms with Gasteiger partial charge in [-0.3, -0.25) is 4.79 Å². The lowest BCUT2D eigenvalue weighted by molar-refractivity contribution is 0.0955. The molecule has 0 atom stereocenters. The van der Waals surface area contributed by atoms with E-state index in [4.69, 9.17) is 4.74 Å². The number of hydrogen-bond donors (Lipinski definition) is 1. The monoisotopic (exact) mass is 582 g/mol. The lowest BCUT2D eigenvalue weighted by atomic mass is 10.2. The molecule has 0 heterocycles. The first kappa shape index (κ1) is 19.8. The van der Waals surface area contributed by atoms with E-state index in [0.717, 1.165) is 20.4 Å². The van der Waals surface area contributed by atoms with Gasteiger partial charge < -0.3 is 4.74 Å². The van der Waals surface area contributed by atoms with E-state index in [2.05, 4.69) is 80.0 Å². The summed E-state index contributed by atoms with van der Waals surface area (Å²) in [5, 5.41) is 4.00. The lowest BCUT2D eigenvalue weighted by Gasteiger charge is -2.06. The molecule has 0 aliphatic heterocycles. The quantitative estimate of drug-likeness (QED) is 0.246. The molecule has 0 fully saturated rings. The van der Waals surface area contributed by atoms with Crippen molar-refractivity contribution in [3.05, 3.63) is 96.6 Å². The summed E-state index contributed by atoms with van der Waals surface area (Å²) in [7, 11) is 0. The molecule has 0 bridgehead atoms. The maximum Gasteiger partial charge on any atom is 0.271 e. The van der Waals surface area contributed by atoms with Crippen molar-refractivity contribution < 1.29 is 9.53 Å². The van der Waals surface area contributed by atoms with Crippen molar-refractivity contribution in [3.8, 4) is 5.75 Å². The topological polar surface area (TPSA) is 50.7 Å². The minimum absolute atomic E-state index is 0.236. The summed E-state index contributed by atoms with van der Waals surface area (Å²) in [6.45, 7) is 0.524. The molecule has 6 heteroatoms. The molecule has 4 nitrogen and oxygen atoms in total. The fraction of sp³-hybridized carbons (Fsp3) is 0.0476. The molecule has 0 aromatic heterocycles. The minimum Gasteiger partial charge on any atom is -0.489 e. The molecule has 0 aliphatic rings. The molecule has 0 aliphatic carbocycles. The molecule has 0 spiro atoms. The Morgan fingerprint density at radius 3 is 2.11 bits per heavy atom. The van der Waals surface area contributed by atoms with Crippen LogP contribution in [-0.2, 0) is 6.61 Å². The number of benzene rings is 3. The first-order valence-corrected chi connectivity index (χ1v) is 10.3. The minimum atomic E-state index is -0.236. The fourth-order valence-electron chi connectivity index (χ4n) is 2.23. The second-order valence-electron chi connectivity index (χ2n) is 5.69. The van der Waals surface area contributed by atoms with Crippen LogP contribution in [0.1, 0.15) is 21.5 Å². The summed E-state index contributed by atoms with van der Waals surface area (Å²) in [6.07, 6.45) is 1.60. The van der Waals surface area contributed by atoms with Crippen molar-refractivity contribution in [2.45, 2.75) is 6.61 Å². The van der Waals surface area contributed by atoms with Gasteiger partial charge in [-0.05, 0) is 117 Å². The SMILES string of the molecule is O=C(N/N=C\c1ccc(OCc2ccc(I)cc2)cc1)c1ccc(I)cc1. The fourth-order valence-corrected chi connectivity index (χ4v) is 2.95. The predicted octanol–water partition coefficient (Wildman–Crippen LogP) is 5.24. The van der Waals surface area contributed by atoms with E-state index in [0.29, 0.717) is 12.2 Å². The Kier molecular flexibility index (Phi) is 7.22. The molecule has 1 amide bonds. The van der Waals surface area contributed by atoms with Gasteiger partial charge in [0.25, 0.3) is 5.91 Å². The summed E-state index contributed by atoms with van der Waals surface area (Å²) in [5.74, 6) is 0.550. The van der Waals surface area contributed by atoms with Gasteiger partial charge in [0.1, 0.15) is 12.4 Å². The van der Waals surface area contributed by atoms with Crippen molar-refractivity contribution in [2.24, 2.45) is 5.10 Å². The molecule has 3 aromatic rings. The average molecular weight is 582 g/mol. The van der Waals surface area contributed by atoms with E-state index in [-0.39, 0.29) is 5.91 Å². The Morgan fingerprint density at radius 2 is 1.48 bits per heavy atom. The van der Waals surface area contributed by atoms with E-state index < -0.39 is 0 Å². The van der Waals surface area contributed by atoms with Gasteiger partial charge in [-0.25, -0.2) is 5.43 Å². The number of nitrogens with one attached hydrogen (secondary N) is 1. The van der Waals surface area contributed by atoms with E-state index in [1.54, 1.807) is 18.3 Å². The standard InChI is InChI=1S/C21H16I2N2O2/c22-18-7-1-16(2-8-18)14-27-20-11-3-15(4-12-20)13-24-25-21(26)17-5-9-19(23)10-6-17/h1-13H,14H2,(H,25,26)/b24-13-. The third kappa shape index (κ3) is 6.31. The van der Waals surface area contributed by atoms with Gasteiger partial charge in [0, 0.05) is 12.7 Å². The molecular formula is C21H16I2N2O2. The van der Waals surface area contributed by atoms with Gasteiger partial charge in [0.15, 0.2) is 0 Å². The second kappa shape index (κ2) is 9.84. The van der Waals surface area contributed by atoms with Crippen LogP contribution in [0.25, 0.3) is 0 Å². The van der Waals surface area contributed by atoms with Gasteiger partial charge >= 0.3 is 0 Å². The number of amides is 1.